The average Bonchev–Trinajstić information content (AvgIpc) is 2.79. The van der Waals surface area contributed by atoms with Crippen molar-refractivity contribution >= 4 is 51.9 Å². The standard InChI is InChI=1S/C28H26ClIN2O3/c1-5-34-26-13-20(11-22(15-31)28(33)32-23-7-6-19(4)24(29)14-23)12-25(30)27(26)35-16-21-9-17(2)8-18(3)10-21/h6-14H,5,16H2,1-4H3,(H,32,33)/b22-11+. The van der Waals surface area contributed by atoms with Gasteiger partial charge in [-0.15, -0.1) is 0 Å². The van der Waals surface area contributed by atoms with Crippen LogP contribution in [0.4, 0.5) is 5.69 Å². The fourth-order valence-corrected chi connectivity index (χ4v) is 4.53. The third-order valence-electron chi connectivity index (χ3n) is 5.10. The second-order valence-electron chi connectivity index (χ2n) is 8.14. The van der Waals surface area contributed by atoms with Gasteiger partial charge in [0, 0.05) is 10.7 Å². The van der Waals surface area contributed by atoms with Crippen molar-refractivity contribution in [2.45, 2.75) is 34.3 Å². The highest BCUT2D eigenvalue weighted by atomic mass is 127. The van der Waals surface area contributed by atoms with Crippen LogP contribution in [0.25, 0.3) is 6.08 Å². The van der Waals surface area contributed by atoms with Crippen molar-refractivity contribution in [2.24, 2.45) is 0 Å². The molecule has 0 aliphatic carbocycles. The summed E-state index contributed by atoms with van der Waals surface area (Å²) in [6, 6.07) is 17.1. The fraction of sp³-hybridized carbons (Fsp3) is 0.214. The molecule has 0 atom stereocenters. The topological polar surface area (TPSA) is 71.3 Å². The van der Waals surface area contributed by atoms with Gasteiger partial charge in [-0.2, -0.15) is 5.26 Å². The number of hydrogen-bond acceptors (Lipinski definition) is 4. The van der Waals surface area contributed by atoms with Crippen molar-refractivity contribution in [3.63, 3.8) is 0 Å². The molecule has 3 aromatic rings. The van der Waals surface area contributed by atoms with Gasteiger partial charge in [0.15, 0.2) is 11.5 Å². The van der Waals surface area contributed by atoms with Crippen LogP contribution in [0.1, 0.15) is 34.7 Å². The number of hydrogen-bond donors (Lipinski definition) is 1. The molecular weight excluding hydrogens is 575 g/mol. The molecule has 3 aromatic carbocycles. The van der Waals surface area contributed by atoms with Gasteiger partial charge in [-0.3, -0.25) is 4.79 Å². The van der Waals surface area contributed by atoms with E-state index in [9.17, 15) is 10.1 Å². The SMILES string of the molecule is CCOc1cc(/C=C(\C#N)C(=O)Nc2ccc(C)c(Cl)c2)cc(I)c1OCc1cc(C)cc(C)c1. The minimum absolute atomic E-state index is 0.0381. The molecule has 0 aliphatic heterocycles. The molecule has 0 fully saturated rings. The number of nitrogens with zero attached hydrogens (tertiary/aromatic N) is 1. The average molecular weight is 601 g/mol. The van der Waals surface area contributed by atoms with Crippen LogP contribution in [0.3, 0.4) is 0 Å². The van der Waals surface area contributed by atoms with Crippen LogP contribution in [0.5, 0.6) is 11.5 Å². The first-order valence-corrected chi connectivity index (χ1v) is 12.5. The third-order valence-corrected chi connectivity index (χ3v) is 6.31. The van der Waals surface area contributed by atoms with Crippen molar-refractivity contribution in [2.75, 3.05) is 11.9 Å². The molecule has 0 aliphatic rings. The molecule has 7 heteroatoms. The first-order chi connectivity index (χ1) is 16.7. The summed E-state index contributed by atoms with van der Waals surface area (Å²) in [6.07, 6.45) is 1.53. The Kier molecular flexibility index (Phi) is 9.19. The number of rotatable bonds is 8. The van der Waals surface area contributed by atoms with E-state index in [4.69, 9.17) is 21.1 Å². The lowest BCUT2D eigenvalue weighted by molar-refractivity contribution is -0.112. The summed E-state index contributed by atoms with van der Waals surface area (Å²) in [7, 11) is 0. The molecule has 0 heterocycles. The van der Waals surface area contributed by atoms with Crippen molar-refractivity contribution in [3.05, 3.63) is 90.5 Å². The van der Waals surface area contributed by atoms with Crippen LogP contribution in [0.2, 0.25) is 5.02 Å². The Bertz CT molecular complexity index is 1310. The Morgan fingerprint density at radius 3 is 2.43 bits per heavy atom. The number of aryl methyl sites for hydroxylation is 3. The van der Waals surface area contributed by atoms with Gasteiger partial charge in [0.05, 0.1) is 10.2 Å². The molecule has 0 radical (unpaired) electrons. The van der Waals surface area contributed by atoms with Crippen LogP contribution in [0.15, 0.2) is 54.1 Å². The van der Waals surface area contributed by atoms with E-state index in [2.05, 4.69) is 60.0 Å². The summed E-state index contributed by atoms with van der Waals surface area (Å²) in [5.74, 6) is 0.662. The number of carbonyl (C=O) groups excluding carboxylic acids is 1. The molecule has 0 spiro atoms. The molecular formula is C28H26ClIN2O3. The smallest absolute Gasteiger partial charge is 0.266 e. The van der Waals surface area contributed by atoms with Crippen LogP contribution < -0.4 is 14.8 Å². The molecule has 1 amide bonds. The fourth-order valence-electron chi connectivity index (χ4n) is 3.57. The maximum Gasteiger partial charge on any atom is 0.266 e. The first-order valence-electron chi connectivity index (χ1n) is 11.1. The number of benzene rings is 3. The third kappa shape index (κ3) is 7.23. The predicted molar refractivity (Wildman–Crippen MR) is 149 cm³/mol. The van der Waals surface area contributed by atoms with Crippen LogP contribution in [-0.4, -0.2) is 12.5 Å². The highest BCUT2D eigenvalue weighted by Crippen LogP contribution is 2.35. The van der Waals surface area contributed by atoms with Crippen molar-refractivity contribution in [1.82, 2.24) is 0 Å². The van der Waals surface area contributed by atoms with Crippen molar-refractivity contribution < 1.29 is 14.3 Å². The molecule has 0 aromatic heterocycles. The Hall–Kier alpha value is -3.02. The van der Waals surface area contributed by atoms with E-state index < -0.39 is 5.91 Å². The lowest BCUT2D eigenvalue weighted by Gasteiger charge is -2.15. The van der Waals surface area contributed by atoms with E-state index in [1.807, 2.05) is 26.0 Å². The van der Waals surface area contributed by atoms with E-state index in [0.717, 1.165) is 14.7 Å². The molecule has 5 nitrogen and oxygen atoms in total. The van der Waals surface area contributed by atoms with E-state index >= 15 is 0 Å². The van der Waals surface area contributed by atoms with Crippen LogP contribution in [0, 0.1) is 35.7 Å². The highest BCUT2D eigenvalue weighted by Gasteiger charge is 2.15. The summed E-state index contributed by atoms with van der Waals surface area (Å²) in [5, 5.41) is 12.9. The number of carbonyl (C=O) groups is 1. The zero-order valence-electron chi connectivity index (χ0n) is 20.0. The largest absolute Gasteiger partial charge is 0.490 e. The van der Waals surface area contributed by atoms with Gasteiger partial charge in [0.2, 0.25) is 0 Å². The van der Waals surface area contributed by atoms with Crippen molar-refractivity contribution in [3.8, 4) is 17.6 Å². The Labute approximate surface area is 224 Å². The second-order valence-corrected chi connectivity index (χ2v) is 9.70. The Balaban J connectivity index is 1.85. The van der Waals surface area contributed by atoms with Gasteiger partial charge in [0.25, 0.3) is 5.91 Å². The second kappa shape index (κ2) is 12.1. The van der Waals surface area contributed by atoms with E-state index in [0.29, 0.717) is 41.0 Å². The van der Waals surface area contributed by atoms with E-state index in [1.54, 1.807) is 24.3 Å². The molecule has 35 heavy (non-hydrogen) atoms. The van der Waals surface area contributed by atoms with Crippen molar-refractivity contribution in [1.29, 1.82) is 5.26 Å². The number of nitrogens with one attached hydrogen (secondary N) is 1. The molecule has 0 bridgehead atoms. The van der Waals surface area contributed by atoms with Gasteiger partial charge in [-0.25, -0.2) is 0 Å². The van der Waals surface area contributed by atoms with E-state index in [-0.39, 0.29) is 5.57 Å². The minimum Gasteiger partial charge on any atom is -0.490 e. The van der Waals surface area contributed by atoms with Gasteiger partial charge in [0.1, 0.15) is 18.2 Å². The van der Waals surface area contributed by atoms with Gasteiger partial charge in [-0.1, -0.05) is 47.0 Å². The van der Waals surface area contributed by atoms with Crippen LogP contribution >= 0.6 is 34.2 Å². The molecule has 0 saturated heterocycles. The van der Waals surface area contributed by atoms with E-state index in [1.165, 1.54) is 17.2 Å². The summed E-state index contributed by atoms with van der Waals surface area (Å²) < 4.78 is 12.8. The number of ether oxygens (including phenoxy) is 2. The zero-order valence-corrected chi connectivity index (χ0v) is 23.0. The molecule has 3 rings (SSSR count). The Morgan fingerprint density at radius 2 is 1.80 bits per heavy atom. The quantitative estimate of drug-likeness (QED) is 0.166. The van der Waals surface area contributed by atoms with Crippen LogP contribution in [-0.2, 0) is 11.4 Å². The first kappa shape index (κ1) is 26.6. The van der Waals surface area contributed by atoms with Gasteiger partial charge >= 0.3 is 0 Å². The monoisotopic (exact) mass is 600 g/mol. The summed E-state index contributed by atoms with van der Waals surface area (Å²) >= 11 is 8.32. The molecule has 1 N–H and O–H groups in total. The minimum atomic E-state index is -0.518. The number of amides is 1. The zero-order chi connectivity index (χ0) is 25.5. The lowest BCUT2D eigenvalue weighted by Crippen LogP contribution is -2.13. The molecule has 180 valence electrons. The Morgan fingerprint density at radius 1 is 1.09 bits per heavy atom. The van der Waals surface area contributed by atoms with Gasteiger partial charge < -0.3 is 14.8 Å². The lowest BCUT2D eigenvalue weighted by atomic mass is 10.1. The summed E-state index contributed by atoms with van der Waals surface area (Å²) in [4.78, 5) is 12.7. The predicted octanol–water partition coefficient (Wildman–Crippen LogP) is 7.39. The molecule has 0 unspecified atom stereocenters. The molecule has 0 saturated carbocycles. The highest BCUT2D eigenvalue weighted by molar-refractivity contribution is 14.1. The number of anilines is 1. The van der Waals surface area contributed by atoms with Gasteiger partial charge in [-0.05, 0) is 97.3 Å². The maximum absolute atomic E-state index is 12.7. The summed E-state index contributed by atoms with van der Waals surface area (Å²) in [5.41, 5.74) is 5.47. The summed E-state index contributed by atoms with van der Waals surface area (Å²) in [6.45, 7) is 8.74. The number of nitriles is 1. The maximum atomic E-state index is 12.7. The normalized spacial score (nSPS) is 11.1. The number of halogens is 2.